The fourth-order valence-corrected chi connectivity index (χ4v) is 2.53. The molecule has 0 radical (unpaired) electrons. The Morgan fingerprint density at radius 3 is 2.35 bits per heavy atom. The molecule has 0 aliphatic carbocycles. The number of esters is 1. The zero-order valence-corrected chi connectivity index (χ0v) is 14.6. The quantitative estimate of drug-likeness (QED) is 0.199. The molecular formula is C18H20F4N2O2. The first-order valence-corrected chi connectivity index (χ1v) is 8.10. The van der Waals surface area contributed by atoms with E-state index in [0.717, 1.165) is 13.1 Å². The number of piperazine rings is 1. The molecule has 0 bridgehead atoms. The van der Waals surface area contributed by atoms with Crippen molar-refractivity contribution in [3.8, 4) is 0 Å². The largest absolute Gasteiger partial charge is 0.462 e. The van der Waals surface area contributed by atoms with E-state index in [4.69, 9.17) is 4.74 Å². The molecule has 2 rings (SSSR count). The summed E-state index contributed by atoms with van der Waals surface area (Å²) in [4.78, 5) is 16.2. The fraction of sp³-hybridized carbons (Fsp3) is 0.389. The van der Waals surface area contributed by atoms with Crippen molar-refractivity contribution in [1.29, 1.82) is 0 Å². The Kier molecular flexibility index (Phi) is 6.42. The van der Waals surface area contributed by atoms with Crippen molar-refractivity contribution >= 4 is 11.5 Å². The van der Waals surface area contributed by atoms with Gasteiger partial charge in [0.05, 0.1) is 12.2 Å². The molecule has 0 saturated carbocycles. The minimum atomic E-state index is -1.95. The highest BCUT2D eigenvalue weighted by atomic mass is 19.2. The van der Waals surface area contributed by atoms with Crippen molar-refractivity contribution in [2.45, 2.75) is 6.92 Å². The lowest BCUT2D eigenvalue weighted by Crippen LogP contribution is -2.42. The van der Waals surface area contributed by atoms with Gasteiger partial charge in [0.1, 0.15) is 0 Å². The maximum Gasteiger partial charge on any atom is 0.340 e. The van der Waals surface area contributed by atoms with Gasteiger partial charge in [0, 0.05) is 37.9 Å². The Labute approximate surface area is 149 Å². The lowest BCUT2D eigenvalue weighted by atomic mass is 9.98. The van der Waals surface area contributed by atoms with Crippen LogP contribution >= 0.6 is 0 Å². The summed E-state index contributed by atoms with van der Waals surface area (Å²) >= 11 is 0. The number of carbonyl (C=O) groups is 1. The third kappa shape index (κ3) is 4.24. The van der Waals surface area contributed by atoms with E-state index in [9.17, 15) is 22.4 Å². The summed E-state index contributed by atoms with van der Waals surface area (Å²) in [6, 6.07) is 0.479. The van der Waals surface area contributed by atoms with Crippen molar-refractivity contribution in [2.24, 2.45) is 0 Å². The average molecular weight is 372 g/mol. The second-order valence-electron chi connectivity index (χ2n) is 5.93. The molecule has 0 aromatic heterocycles. The average Bonchev–Trinajstić information content (AvgIpc) is 2.62. The van der Waals surface area contributed by atoms with Crippen LogP contribution < -0.4 is 0 Å². The molecule has 0 atom stereocenters. The first-order chi connectivity index (χ1) is 12.3. The summed E-state index contributed by atoms with van der Waals surface area (Å²) in [7, 11) is 1.95. The number of hydrogen-bond donors (Lipinski definition) is 0. The third-order valence-electron chi connectivity index (χ3n) is 4.10. The van der Waals surface area contributed by atoms with Crippen molar-refractivity contribution in [2.75, 3.05) is 39.8 Å². The van der Waals surface area contributed by atoms with Crippen LogP contribution in [0.1, 0.15) is 12.5 Å². The molecule has 1 fully saturated rings. The molecule has 142 valence electrons. The highest BCUT2D eigenvalue weighted by molar-refractivity contribution is 6.05. The highest BCUT2D eigenvalue weighted by Gasteiger charge is 2.25. The van der Waals surface area contributed by atoms with Crippen molar-refractivity contribution < 1.29 is 27.1 Å². The standard InChI is InChI=1S/C18H20F4N2O2/c1-4-26-18(25)13(10-24-7-5-23(3)6-8-24)11(2)12-9-14(19)16(21)17(22)15(12)20/h9-10H,2,4-8H2,1,3H3/b13-10-. The Balaban J connectivity index is 2.42. The number of likely N-dealkylation sites (N-methyl/N-ethyl adjacent to an activating group) is 1. The van der Waals surface area contributed by atoms with E-state index in [1.807, 2.05) is 11.9 Å². The maximum atomic E-state index is 14.1. The fourth-order valence-electron chi connectivity index (χ4n) is 2.53. The van der Waals surface area contributed by atoms with E-state index in [2.05, 4.69) is 11.5 Å². The van der Waals surface area contributed by atoms with Crippen LogP contribution in [0.5, 0.6) is 0 Å². The molecule has 0 amide bonds. The molecule has 1 aliphatic heterocycles. The van der Waals surface area contributed by atoms with Crippen LogP contribution in [0, 0.1) is 23.3 Å². The minimum Gasteiger partial charge on any atom is -0.462 e. The van der Waals surface area contributed by atoms with E-state index in [1.165, 1.54) is 6.20 Å². The Morgan fingerprint density at radius 2 is 1.77 bits per heavy atom. The third-order valence-corrected chi connectivity index (χ3v) is 4.10. The molecule has 1 aromatic rings. The van der Waals surface area contributed by atoms with Gasteiger partial charge >= 0.3 is 5.97 Å². The predicted molar refractivity (Wildman–Crippen MR) is 89.1 cm³/mol. The molecule has 1 heterocycles. The van der Waals surface area contributed by atoms with Crippen LogP contribution in [-0.2, 0) is 9.53 Å². The monoisotopic (exact) mass is 372 g/mol. The first-order valence-electron chi connectivity index (χ1n) is 8.10. The molecule has 1 saturated heterocycles. The SMILES string of the molecule is C=C(/C(=C/N1CCN(C)CC1)C(=O)OCC)c1cc(F)c(F)c(F)c1F. The normalized spacial score (nSPS) is 15.9. The molecule has 8 heteroatoms. The molecule has 1 aliphatic rings. The van der Waals surface area contributed by atoms with Gasteiger partial charge in [-0.3, -0.25) is 0 Å². The first kappa shape index (κ1) is 20.0. The van der Waals surface area contributed by atoms with Gasteiger partial charge in [-0.1, -0.05) is 6.58 Å². The number of ether oxygens (including phenoxy) is 1. The zero-order valence-electron chi connectivity index (χ0n) is 14.6. The van der Waals surface area contributed by atoms with Gasteiger partial charge in [-0.15, -0.1) is 0 Å². The number of benzene rings is 1. The van der Waals surface area contributed by atoms with Crippen LogP contribution in [0.2, 0.25) is 0 Å². The molecule has 26 heavy (non-hydrogen) atoms. The molecule has 1 aromatic carbocycles. The highest BCUT2D eigenvalue weighted by Crippen LogP contribution is 2.29. The molecule has 0 N–H and O–H groups in total. The maximum absolute atomic E-state index is 14.1. The van der Waals surface area contributed by atoms with Crippen molar-refractivity contribution in [3.05, 3.63) is 53.3 Å². The van der Waals surface area contributed by atoms with Crippen LogP contribution in [0.3, 0.4) is 0 Å². The number of nitrogens with zero attached hydrogens (tertiary/aromatic N) is 2. The molecule has 4 nitrogen and oxygen atoms in total. The number of carbonyl (C=O) groups excluding carboxylic acids is 1. The number of halogens is 4. The van der Waals surface area contributed by atoms with E-state index < -0.39 is 34.8 Å². The Morgan fingerprint density at radius 1 is 1.15 bits per heavy atom. The zero-order chi connectivity index (χ0) is 19.4. The summed E-state index contributed by atoms with van der Waals surface area (Å²) in [5, 5.41) is 0. The van der Waals surface area contributed by atoms with Crippen molar-refractivity contribution in [3.63, 3.8) is 0 Å². The van der Waals surface area contributed by atoms with Gasteiger partial charge in [0.2, 0.25) is 0 Å². The molecular weight excluding hydrogens is 352 g/mol. The van der Waals surface area contributed by atoms with E-state index in [-0.39, 0.29) is 17.8 Å². The van der Waals surface area contributed by atoms with Gasteiger partial charge < -0.3 is 14.5 Å². The van der Waals surface area contributed by atoms with Crippen LogP contribution in [-0.4, -0.2) is 55.6 Å². The predicted octanol–water partition coefficient (Wildman–Crippen LogP) is 2.95. The van der Waals surface area contributed by atoms with Crippen LogP contribution in [0.25, 0.3) is 5.57 Å². The van der Waals surface area contributed by atoms with Gasteiger partial charge in [0.15, 0.2) is 23.3 Å². The van der Waals surface area contributed by atoms with Gasteiger partial charge in [-0.05, 0) is 25.6 Å². The van der Waals surface area contributed by atoms with Gasteiger partial charge in [-0.25, -0.2) is 22.4 Å². The number of hydrogen-bond acceptors (Lipinski definition) is 4. The second kappa shape index (κ2) is 8.35. The summed E-state index contributed by atoms with van der Waals surface area (Å²) in [6.45, 7) is 7.91. The number of rotatable bonds is 5. The van der Waals surface area contributed by atoms with Gasteiger partial charge in [0.25, 0.3) is 0 Å². The van der Waals surface area contributed by atoms with E-state index in [1.54, 1.807) is 6.92 Å². The second-order valence-corrected chi connectivity index (χ2v) is 5.93. The Bertz CT molecular complexity index is 741. The van der Waals surface area contributed by atoms with E-state index >= 15 is 0 Å². The Hall–Kier alpha value is -2.35. The summed E-state index contributed by atoms with van der Waals surface area (Å²) in [5.41, 5.74) is -1.05. The molecule has 0 unspecified atom stereocenters. The summed E-state index contributed by atoms with van der Waals surface area (Å²) < 4.78 is 59.3. The van der Waals surface area contributed by atoms with Crippen molar-refractivity contribution in [1.82, 2.24) is 9.80 Å². The summed E-state index contributed by atoms with van der Waals surface area (Å²) in [5.74, 6) is -7.85. The minimum absolute atomic E-state index is 0.0564. The van der Waals surface area contributed by atoms with Gasteiger partial charge in [-0.2, -0.15) is 0 Å². The lowest BCUT2D eigenvalue weighted by molar-refractivity contribution is -0.138. The molecule has 0 spiro atoms. The van der Waals surface area contributed by atoms with Crippen LogP contribution in [0.15, 0.2) is 24.4 Å². The van der Waals surface area contributed by atoms with E-state index in [0.29, 0.717) is 19.2 Å². The lowest BCUT2D eigenvalue weighted by Gasteiger charge is -2.32. The topological polar surface area (TPSA) is 32.8 Å². The summed E-state index contributed by atoms with van der Waals surface area (Å²) in [6.07, 6.45) is 1.44. The smallest absolute Gasteiger partial charge is 0.340 e. The van der Waals surface area contributed by atoms with Crippen LogP contribution in [0.4, 0.5) is 17.6 Å².